The first-order chi connectivity index (χ1) is 13.2. The highest BCUT2D eigenvalue weighted by Crippen LogP contribution is 2.28. The Hall–Kier alpha value is -3.02. The zero-order valence-corrected chi connectivity index (χ0v) is 15.2. The van der Waals surface area contributed by atoms with Gasteiger partial charge in [-0.15, -0.1) is 0 Å². The van der Waals surface area contributed by atoms with E-state index in [2.05, 4.69) is 34.9 Å². The van der Waals surface area contributed by atoms with Gasteiger partial charge in [-0.25, -0.2) is 9.59 Å². The van der Waals surface area contributed by atoms with E-state index < -0.39 is 0 Å². The highest BCUT2D eigenvalue weighted by molar-refractivity contribution is 5.95. The summed E-state index contributed by atoms with van der Waals surface area (Å²) in [6, 6.07) is 17.8. The predicted octanol–water partition coefficient (Wildman–Crippen LogP) is 3.63. The van der Waals surface area contributed by atoms with E-state index >= 15 is 0 Å². The maximum atomic E-state index is 12.6. The Morgan fingerprint density at radius 3 is 2.48 bits per heavy atom. The van der Waals surface area contributed by atoms with E-state index in [0.29, 0.717) is 24.7 Å². The minimum absolute atomic E-state index is 0.0791. The molecule has 140 valence electrons. The van der Waals surface area contributed by atoms with Crippen molar-refractivity contribution in [2.75, 3.05) is 36.4 Å². The summed E-state index contributed by atoms with van der Waals surface area (Å²) < 4.78 is 0. The van der Waals surface area contributed by atoms with Crippen LogP contribution in [0.3, 0.4) is 0 Å². The van der Waals surface area contributed by atoms with Crippen molar-refractivity contribution in [2.24, 2.45) is 0 Å². The van der Waals surface area contributed by atoms with Gasteiger partial charge < -0.3 is 15.5 Å². The van der Waals surface area contributed by atoms with Crippen LogP contribution in [-0.2, 0) is 0 Å². The van der Waals surface area contributed by atoms with Gasteiger partial charge in [0.1, 0.15) is 0 Å². The van der Waals surface area contributed by atoms with Crippen molar-refractivity contribution in [1.29, 1.82) is 0 Å². The molecular formula is C21H24N4O2. The van der Waals surface area contributed by atoms with E-state index in [1.807, 2.05) is 35.2 Å². The Labute approximate surface area is 159 Å². The Bertz CT molecular complexity index is 816. The fourth-order valence-electron chi connectivity index (χ4n) is 3.81. The maximum Gasteiger partial charge on any atom is 0.321 e. The molecule has 0 unspecified atom stereocenters. The average molecular weight is 364 g/mol. The van der Waals surface area contributed by atoms with Gasteiger partial charge in [0.25, 0.3) is 0 Å². The number of anilines is 2. The standard InChI is InChI=1S/C21H24N4O2/c26-20-22-11-14-25(20)19-8-4-7-18(15-19)23-21(27)24-12-9-17(10-13-24)16-5-2-1-3-6-16/h1-8,15,17H,9-14H2,(H,22,26)(H,23,27). The Morgan fingerprint density at radius 1 is 1.00 bits per heavy atom. The van der Waals surface area contributed by atoms with Crippen LogP contribution < -0.4 is 15.5 Å². The zero-order chi connectivity index (χ0) is 18.6. The fourth-order valence-corrected chi connectivity index (χ4v) is 3.81. The average Bonchev–Trinajstić information content (AvgIpc) is 3.15. The highest BCUT2D eigenvalue weighted by atomic mass is 16.2. The predicted molar refractivity (Wildman–Crippen MR) is 106 cm³/mol. The second kappa shape index (κ2) is 7.70. The first-order valence-electron chi connectivity index (χ1n) is 9.47. The lowest BCUT2D eigenvalue weighted by atomic mass is 9.90. The minimum Gasteiger partial charge on any atom is -0.336 e. The molecule has 0 atom stereocenters. The molecule has 2 saturated heterocycles. The fraction of sp³-hybridized carbons (Fsp3) is 0.333. The summed E-state index contributed by atoms with van der Waals surface area (Å²) in [5.41, 5.74) is 2.86. The molecule has 2 aliphatic rings. The molecule has 4 amide bonds. The number of rotatable bonds is 3. The number of benzene rings is 2. The number of nitrogens with zero attached hydrogens (tertiary/aromatic N) is 2. The van der Waals surface area contributed by atoms with Gasteiger partial charge in [0.2, 0.25) is 0 Å². The molecule has 0 radical (unpaired) electrons. The number of carbonyl (C=O) groups is 2. The third kappa shape index (κ3) is 3.89. The summed E-state index contributed by atoms with van der Waals surface area (Å²) in [6.07, 6.45) is 1.96. The van der Waals surface area contributed by atoms with Crippen LogP contribution in [-0.4, -0.2) is 43.1 Å². The molecule has 2 N–H and O–H groups in total. The van der Waals surface area contributed by atoms with E-state index in [4.69, 9.17) is 0 Å². The van der Waals surface area contributed by atoms with Gasteiger partial charge in [0, 0.05) is 37.6 Å². The topological polar surface area (TPSA) is 64.7 Å². The number of hydrogen-bond donors (Lipinski definition) is 2. The Morgan fingerprint density at radius 2 is 1.78 bits per heavy atom. The van der Waals surface area contributed by atoms with Crippen molar-refractivity contribution in [3.05, 3.63) is 60.2 Å². The maximum absolute atomic E-state index is 12.6. The number of piperidine rings is 1. The van der Waals surface area contributed by atoms with E-state index in [1.54, 1.807) is 4.90 Å². The Kier molecular flexibility index (Phi) is 4.96. The van der Waals surface area contributed by atoms with Crippen LogP contribution in [0.4, 0.5) is 21.0 Å². The van der Waals surface area contributed by atoms with Gasteiger partial charge in [0.15, 0.2) is 0 Å². The second-order valence-corrected chi connectivity index (χ2v) is 7.04. The van der Waals surface area contributed by atoms with E-state index in [1.165, 1.54) is 5.56 Å². The molecule has 2 fully saturated rings. The molecule has 4 rings (SSSR count). The summed E-state index contributed by atoms with van der Waals surface area (Å²) in [7, 11) is 0. The number of nitrogens with one attached hydrogen (secondary N) is 2. The van der Waals surface area contributed by atoms with Gasteiger partial charge in [-0.3, -0.25) is 4.90 Å². The van der Waals surface area contributed by atoms with Crippen molar-refractivity contribution in [1.82, 2.24) is 10.2 Å². The molecule has 2 aromatic rings. The number of carbonyl (C=O) groups excluding carboxylic acids is 2. The number of urea groups is 2. The monoisotopic (exact) mass is 364 g/mol. The van der Waals surface area contributed by atoms with Crippen molar-refractivity contribution >= 4 is 23.4 Å². The van der Waals surface area contributed by atoms with Crippen LogP contribution >= 0.6 is 0 Å². The lowest BCUT2D eigenvalue weighted by Crippen LogP contribution is -2.40. The molecule has 2 aliphatic heterocycles. The van der Waals surface area contributed by atoms with E-state index in [9.17, 15) is 9.59 Å². The van der Waals surface area contributed by atoms with Crippen molar-refractivity contribution in [3.63, 3.8) is 0 Å². The molecular weight excluding hydrogens is 340 g/mol. The zero-order valence-electron chi connectivity index (χ0n) is 15.2. The number of hydrogen-bond acceptors (Lipinski definition) is 2. The summed E-state index contributed by atoms with van der Waals surface area (Å²) in [5.74, 6) is 0.521. The lowest BCUT2D eigenvalue weighted by Gasteiger charge is -2.32. The molecule has 2 aromatic carbocycles. The summed E-state index contributed by atoms with van der Waals surface area (Å²) in [6.45, 7) is 2.79. The van der Waals surface area contributed by atoms with Crippen molar-refractivity contribution in [2.45, 2.75) is 18.8 Å². The van der Waals surface area contributed by atoms with Gasteiger partial charge in [-0.2, -0.15) is 0 Å². The molecule has 0 aromatic heterocycles. The van der Waals surface area contributed by atoms with Crippen molar-refractivity contribution < 1.29 is 9.59 Å². The molecule has 2 heterocycles. The molecule has 0 aliphatic carbocycles. The van der Waals surface area contributed by atoms with E-state index in [-0.39, 0.29) is 12.1 Å². The normalized spacial score (nSPS) is 17.7. The quantitative estimate of drug-likeness (QED) is 0.873. The molecule has 27 heavy (non-hydrogen) atoms. The molecule has 6 nitrogen and oxygen atoms in total. The summed E-state index contributed by atoms with van der Waals surface area (Å²) in [4.78, 5) is 28.0. The van der Waals surface area contributed by atoms with Gasteiger partial charge >= 0.3 is 12.1 Å². The van der Waals surface area contributed by atoms with Crippen LogP contribution in [0.2, 0.25) is 0 Å². The molecule has 0 spiro atoms. The summed E-state index contributed by atoms with van der Waals surface area (Å²) in [5, 5.41) is 5.76. The third-order valence-electron chi connectivity index (χ3n) is 5.32. The Balaban J connectivity index is 1.35. The van der Waals surface area contributed by atoms with Crippen LogP contribution in [0.1, 0.15) is 24.3 Å². The smallest absolute Gasteiger partial charge is 0.321 e. The van der Waals surface area contributed by atoms with Crippen LogP contribution in [0.5, 0.6) is 0 Å². The lowest BCUT2D eigenvalue weighted by molar-refractivity contribution is 0.194. The second-order valence-electron chi connectivity index (χ2n) is 7.04. The first kappa shape index (κ1) is 17.4. The largest absolute Gasteiger partial charge is 0.336 e. The first-order valence-corrected chi connectivity index (χ1v) is 9.47. The molecule has 6 heteroatoms. The van der Waals surface area contributed by atoms with Gasteiger partial charge in [-0.1, -0.05) is 36.4 Å². The number of likely N-dealkylation sites (tertiary alicyclic amines) is 1. The van der Waals surface area contributed by atoms with Gasteiger partial charge in [-0.05, 0) is 42.5 Å². The molecule has 0 saturated carbocycles. The molecule has 0 bridgehead atoms. The SMILES string of the molecule is O=C(Nc1cccc(N2CCNC2=O)c1)N1CCC(c2ccccc2)CC1. The van der Waals surface area contributed by atoms with Crippen LogP contribution in [0, 0.1) is 0 Å². The number of amides is 4. The minimum atomic E-state index is -0.0959. The highest BCUT2D eigenvalue weighted by Gasteiger charge is 2.24. The third-order valence-corrected chi connectivity index (χ3v) is 5.32. The van der Waals surface area contributed by atoms with Crippen LogP contribution in [0.15, 0.2) is 54.6 Å². The summed E-state index contributed by atoms with van der Waals surface area (Å²) >= 11 is 0. The van der Waals surface area contributed by atoms with E-state index in [0.717, 1.165) is 31.6 Å². The van der Waals surface area contributed by atoms with Crippen molar-refractivity contribution in [3.8, 4) is 0 Å². The van der Waals surface area contributed by atoms with Gasteiger partial charge in [0.05, 0.1) is 0 Å². The van der Waals surface area contributed by atoms with Crippen LogP contribution in [0.25, 0.3) is 0 Å².